The molecule has 19 heavy (non-hydrogen) atoms. The molecule has 0 aromatic carbocycles. The van der Waals surface area contributed by atoms with E-state index in [0.717, 1.165) is 51.3 Å². The lowest BCUT2D eigenvalue weighted by molar-refractivity contribution is -0.128. The second-order valence-corrected chi connectivity index (χ2v) is 6.37. The first-order valence-electron chi connectivity index (χ1n) is 8.02. The molecule has 0 aromatic rings. The van der Waals surface area contributed by atoms with Crippen molar-refractivity contribution in [3.63, 3.8) is 0 Å². The molecular weight excluding hydrogens is 238 g/mol. The van der Waals surface area contributed by atoms with Crippen LogP contribution < -0.4 is 0 Å². The second-order valence-electron chi connectivity index (χ2n) is 6.37. The Morgan fingerprint density at radius 3 is 2.79 bits per heavy atom. The Kier molecular flexibility index (Phi) is 5.40. The van der Waals surface area contributed by atoms with Gasteiger partial charge in [0, 0.05) is 31.5 Å². The quantitative estimate of drug-likeness (QED) is 0.784. The monoisotopic (exact) mass is 267 g/mol. The first kappa shape index (κ1) is 15.0. The Morgan fingerprint density at radius 1 is 1.32 bits per heavy atom. The number of Topliss-reactive ketones (excluding diaryl/α,β-unsaturated/α-hetero) is 1. The number of hydrogen-bond donors (Lipinski definition) is 0. The molecule has 0 aromatic heterocycles. The molecule has 1 aliphatic carbocycles. The summed E-state index contributed by atoms with van der Waals surface area (Å²) < 4.78 is 5.74. The maximum atomic E-state index is 12.1. The van der Waals surface area contributed by atoms with E-state index in [1.54, 1.807) is 0 Å². The van der Waals surface area contributed by atoms with Crippen LogP contribution >= 0.6 is 0 Å². The Morgan fingerprint density at radius 2 is 2.11 bits per heavy atom. The molecule has 0 spiro atoms. The fourth-order valence-electron chi connectivity index (χ4n) is 3.54. The zero-order chi connectivity index (χ0) is 13.8. The largest absolute Gasteiger partial charge is 0.376 e. The molecule has 110 valence electrons. The summed E-state index contributed by atoms with van der Waals surface area (Å²) in [5, 5.41) is 0. The van der Waals surface area contributed by atoms with Crippen molar-refractivity contribution in [2.24, 2.45) is 11.8 Å². The molecule has 1 aliphatic heterocycles. The van der Waals surface area contributed by atoms with Crippen LogP contribution in [0.4, 0.5) is 0 Å². The molecule has 2 aliphatic rings. The molecule has 3 heteroatoms. The van der Waals surface area contributed by atoms with Crippen molar-refractivity contribution in [1.29, 1.82) is 0 Å². The van der Waals surface area contributed by atoms with Crippen LogP contribution in [0.25, 0.3) is 0 Å². The van der Waals surface area contributed by atoms with Gasteiger partial charge in [-0.3, -0.25) is 9.69 Å². The summed E-state index contributed by atoms with van der Waals surface area (Å²) in [6, 6.07) is 0.506. The summed E-state index contributed by atoms with van der Waals surface area (Å²) in [6.07, 6.45) is 5.68. The van der Waals surface area contributed by atoms with Gasteiger partial charge in [-0.1, -0.05) is 20.3 Å². The van der Waals surface area contributed by atoms with Crippen LogP contribution in [0, 0.1) is 11.8 Å². The van der Waals surface area contributed by atoms with Gasteiger partial charge in [0.1, 0.15) is 5.78 Å². The third kappa shape index (κ3) is 3.79. The van der Waals surface area contributed by atoms with E-state index >= 15 is 0 Å². The molecule has 4 unspecified atom stereocenters. The lowest BCUT2D eigenvalue weighted by atomic mass is 9.79. The van der Waals surface area contributed by atoms with Crippen molar-refractivity contribution in [3.8, 4) is 0 Å². The molecule has 1 heterocycles. The number of rotatable bonds is 4. The Hall–Kier alpha value is -0.410. The molecule has 0 radical (unpaired) electrons. The second kappa shape index (κ2) is 6.85. The number of hydrogen-bond acceptors (Lipinski definition) is 3. The first-order chi connectivity index (χ1) is 9.13. The van der Waals surface area contributed by atoms with E-state index in [2.05, 4.69) is 25.7 Å². The van der Waals surface area contributed by atoms with E-state index in [-0.39, 0.29) is 5.92 Å². The number of ketones is 1. The van der Waals surface area contributed by atoms with Crippen LogP contribution in [-0.4, -0.2) is 42.5 Å². The summed E-state index contributed by atoms with van der Waals surface area (Å²) in [7, 11) is 0. The van der Waals surface area contributed by atoms with Gasteiger partial charge in [0.25, 0.3) is 0 Å². The number of morpholine rings is 1. The molecule has 2 rings (SSSR count). The zero-order valence-electron chi connectivity index (χ0n) is 12.7. The SMILES string of the molecule is CCC1CCC(=O)C(CN2CC(C)OCC2CC)C1. The third-order valence-corrected chi connectivity index (χ3v) is 4.96. The molecule has 1 saturated heterocycles. The molecule has 2 fully saturated rings. The van der Waals surface area contributed by atoms with Gasteiger partial charge in [0.15, 0.2) is 0 Å². The lowest BCUT2D eigenvalue weighted by Gasteiger charge is -2.41. The van der Waals surface area contributed by atoms with Crippen LogP contribution in [0.2, 0.25) is 0 Å². The summed E-state index contributed by atoms with van der Waals surface area (Å²) in [5.74, 6) is 1.54. The average Bonchev–Trinajstić information content (AvgIpc) is 2.41. The van der Waals surface area contributed by atoms with Crippen molar-refractivity contribution in [2.75, 3.05) is 19.7 Å². The summed E-state index contributed by atoms with van der Waals surface area (Å²) in [5.41, 5.74) is 0. The highest BCUT2D eigenvalue weighted by molar-refractivity contribution is 5.81. The van der Waals surface area contributed by atoms with Gasteiger partial charge in [-0.05, 0) is 32.1 Å². The Balaban J connectivity index is 1.95. The topological polar surface area (TPSA) is 29.5 Å². The van der Waals surface area contributed by atoms with E-state index in [4.69, 9.17) is 4.74 Å². The minimum Gasteiger partial charge on any atom is -0.376 e. The number of nitrogens with zero attached hydrogens (tertiary/aromatic N) is 1. The van der Waals surface area contributed by atoms with Crippen molar-refractivity contribution in [3.05, 3.63) is 0 Å². The van der Waals surface area contributed by atoms with Gasteiger partial charge in [-0.15, -0.1) is 0 Å². The number of carbonyl (C=O) groups is 1. The predicted octanol–water partition coefficient (Wildman–Crippen LogP) is 2.88. The highest BCUT2D eigenvalue weighted by Gasteiger charge is 2.33. The lowest BCUT2D eigenvalue weighted by Crippen LogP contribution is -2.51. The smallest absolute Gasteiger partial charge is 0.137 e. The number of ether oxygens (including phenoxy) is 1. The van der Waals surface area contributed by atoms with Crippen LogP contribution in [0.3, 0.4) is 0 Å². The van der Waals surface area contributed by atoms with E-state index in [0.29, 0.717) is 17.9 Å². The van der Waals surface area contributed by atoms with Crippen LogP contribution in [0.5, 0.6) is 0 Å². The zero-order valence-corrected chi connectivity index (χ0v) is 12.7. The molecular formula is C16H29NO2. The van der Waals surface area contributed by atoms with Crippen molar-refractivity contribution >= 4 is 5.78 Å². The van der Waals surface area contributed by atoms with Gasteiger partial charge in [0.05, 0.1) is 12.7 Å². The number of carbonyl (C=O) groups excluding carboxylic acids is 1. The Labute approximate surface area is 117 Å². The van der Waals surface area contributed by atoms with Gasteiger partial charge >= 0.3 is 0 Å². The van der Waals surface area contributed by atoms with E-state index in [9.17, 15) is 4.79 Å². The van der Waals surface area contributed by atoms with Crippen LogP contribution in [0.15, 0.2) is 0 Å². The van der Waals surface area contributed by atoms with Gasteiger partial charge in [-0.25, -0.2) is 0 Å². The van der Waals surface area contributed by atoms with E-state index in [1.807, 2.05) is 0 Å². The molecule has 0 N–H and O–H groups in total. The summed E-state index contributed by atoms with van der Waals surface area (Å²) in [4.78, 5) is 14.7. The van der Waals surface area contributed by atoms with Crippen molar-refractivity contribution in [2.45, 2.75) is 65.0 Å². The standard InChI is InChI=1S/C16H29NO2/c1-4-13-6-7-16(18)14(8-13)10-17-9-12(3)19-11-15(17)5-2/h12-15H,4-11H2,1-3H3. The van der Waals surface area contributed by atoms with E-state index < -0.39 is 0 Å². The van der Waals surface area contributed by atoms with Crippen LogP contribution in [-0.2, 0) is 9.53 Å². The van der Waals surface area contributed by atoms with Crippen molar-refractivity contribution in [1.82, 2.24) is 4.90 Å². The summed E-state index contributed by atoms with van der Waals surface area (Å²) >= 11 is 0. The fraction of sp³-hybridized carbons (Fsp3) is 0.938. The normalized spacial score (nSPS) is 37.5. The summed E-state index contributed by atoms with van der Waals surface area (Å²) in [6.45, 7) is 9.38. The first-order valence-corrected chi connectivity index (χ1v) is 8.02. The third-order valence-electron chi connectivity index (χ3n) is 4.96. The maximum Gasteiger partial charge on any atom is 0.137 e. The minimum absolute atomic E-state index is 0.276. The van der Waals surface area contributed by atoms with Gasteiger partial charge in [-0.2, -0.15) is 0 Å². The fourth-order valence-corrected chi connectivity index (χ4v) is 3.54. The minimum atomic E-state index is 0.276. The highest BCUT2D eigenvalue weighted by Crippen LogP contribution is 2.30. The van der Waals surface area contributed by atoms with Crippen LogP contribution in [0.1, 0.15) is 52.9 Å². The van der Waals surface area contributed by atoms with Crippen molar-refractivity contribution < 1.29 is 9.53 Å². The highest BCUT2D eigenvalue weighted by atomic mass is 16.5. The molecule has 3 nitrogen and oxygen atoms in total. The molecule has 0 amide bonds. The average molecular weight is 267 g/mol. The predicted molar refractivity (Wildman–Crippen MR) is 77.2 cm³/mol. The van der Waals surface area contributed by atoms with Gasteiger partial charge < -0.3 is 4.74 Å². The van der Waals surface area contributed by atoms with E-state index in [1.165, 1.54) is 6.42 Å². The molecule has 4 atom stereocenters. The molecule has 0 bridgehead atoms. The maximum absolute atomic E-state index is 12.1. The van der Waals surface area contributed by atoms with Gasteiger partial charge in [0.2, 0.25) is 0 Å². The molecule has 1 saturated carbocycles. The Bertz CT molecular complexity index is 305.